The molecule has 4 heterocycles. The van der Waals surface area contributed by atoms with Crippen molar-refractivity contribution in [2.75, 3.05) is 37.5 Å². The zero-order valence-corrected chi connectivity index (χ0v) is 33.0. The van der Waals surface area contributed by atoms with Gasteiger partial charge in [-0.1, -0.05) is 13.0 Å². The van der Waals surface area contributed by atoms with Gasteiger partial charge in [-0.15, -0.1) is 0 Å². The lowest BCUT2D eigenvalue weighted by molar-refractivity contribution is -0.0647. The van der Waals surface area contributed by atoms with Gasteiger partial charge in [-0.05, 0) is 136 Å². The number of hydrogen-bond donors (Lipinski definition) is 2. The number of rotatable bonds is 11. The minimum atomic E-state index is -2.85. The number of benzene rings is 1. The standard InChI is InChI=1S/C43H56N6O4S/c1-28-27-52-24-22-49(28)39-26-37(43(17-18-43)54(3,44)51)46-40(47-39)34-14-19-45-41-35(34)15-21-48(41)20-5-4-6-23-53-38-12-11-36-33-9-7-29-25-30(50)8-10-31(29)32(33)13-16-42(36,38)2/h8,10,14-15,19,21,25-26,28,32-33,36,38,44,50H,4-7,9,11-13,16-18,20,22-24,27H2,1-3H3/t28-,32-,33-,36+,38+,42+,54-/m1/s1. The number of ether oxygens (including phenoxy) is 2. The van der Waals surface area contributed by atoms with Crippen LogP contribution in [0.25, 0.3) is 22.4 Å². The van der Waals surface area contributed by atoms with Crippen LogP contribution < -0.4 is 4.90 Å². The highest BCUT2D eigenvalue weighted by Gasteiger charge is 2.55. The highest BCUT2D eigenvalue weighted by Crippen LogP contribution is 2.61. The minimum absolute atomic E-state index is 0.154. The van der Waals surface area contributed by atoms with E-state index in [1.165, 1.54) is 43.2 Å². The molecule has 0 bridgehead atoms. The fraction of sp³-hybridized carbons (Fsp3) is 0.605. The number of aryl methyl sites for hydroxylation is 2. The van der Waals surface area contributed by atoms with E-state index in [0.717, 1.165) is 79.6 Å². The molecule has 1 aliphatic heterocycles. The van der Waals surface area contributed by atoms with E-state index >= 15 is 0 Å². The third-order valence-electron chi connectivity index (χ3n) is 14.2. The number of aromatic nitrogens is 4. The topological polar surface area (TPSA) is 126 Å². The number of nitrogens with one attached hydrogen (secondary N) is 1. The van der Waals surface area contributed by atoms with Crippen LogP contribution in [0.1, 0.15) is 101 Å². The Morgan fingerprint density at radius 1 is 1.06 bits per heavy atom. The van der Waals surface area contributed by atoms with Gasteiger partial charge >= 0.3 is 0 Å². The molecule has 4 fully saturated rings. The number of fused-ring (bicyclic) bond motifs is 6. The molecular formula is C43H56N6O4S. The summed E-state index contributed by atoms with van der Waals surface area (Å²) in [4.78, 5) is 17.2. The van der Waals surface area contributed by atoms with Gasteiger partial charge in [0.15, 0.2) is 5.82 Å². The summed E-state index contributed by atoms with van der Waals surface area (Å²) in [5.74, 6) is 3.91. The van der Waals surface area contributed by atoms with Crippen LogP contribution in [0.3, 0.4) is 0 Å². The Balaban J connectivity index is 0.842. The van der Waals surface area contributed by atoms with Gasteiger partial charge in [-0.2, -0.15) is 0 Å². The van der Waals surface area contributed by atoms with Gasteiger partial charge in [0.05, 0.1) is 45.5 Å². The van der Waals surface area contributed by atoms with Crippen LogP contribution in [0.15, 0.2) is 48.8 Å². The van der Waals surface area contributed by atoms with Crippen molar-refractivity contribution in [1.29, 1.82) is 4.78 Å². The Kier molecular flexibility index (Phi) is 9.29. The maximum atomic E-state index is 13.2. The molecule has 5 aliphatic rings. The minimum Gasteiger partial charge on any atom is -0.508 e. The number of nitrogens with zero attached hydrogens (tertiary/aromatic N) is 5. The fourth-order valence-electron chi connectivity index (χ4n) is 11.0. The number of pyridine rings is 1. The zero-order valence-electron chi connectivity index (χ0n) is 32.1. The Morgan fingerprint density at radius 3 is 2.74 bits per heavy atom. The molecule has 2 N–H and O–H groups in total. The normalized spacial score (nSPS) is 29.7. The van der Waals surface area contributed by atoms with Crippen LogP contribution in [0.4, 0.5) is 5.82 Å². The molecule has 4 aromatic rings. The molecule has 0 unspecified atom stereocenters. The molecule has 3 saturated carbocycles. The quantitative estimate of drug-likeness (QED) is 0.147. The van der Waals surface area contributed by atoms with E-state index in [2.05, 4.69) is 41.6 Å². The predicted molar refractivity (Wildman–Crippen MR) is 212 cm³/mol. The van der Waals surface area contributed by atoms with E-state index in [9.17, 15) is 9.32 Å². The zero-order chi connectivity index (χ0) is 37.2. The summed E-state index contributed by atoms with van der Waals surface area (Å²) in [5, 5.41) is 11.0. The molecule has 1 saturated heterocycles. The number of hydrogen-bond acceptors (Lipinski definition) is 9. The van der Waals surface area contributed by atoms with Crippen LogP contribution >= 0.6 is 0 Å². The first-order valence-electron chi connectivity index (χ1n) is 20.4. The predicted octanol–water partition coefficient (Wildman–Crippen LogP) is 8.20. The number of aromatic hydroxyl groups is 1. The van der Waals surface area contributed by atoms with Crippen molar-refractivity contribution in [2.24, 2.45) is 17.3 Å². The van der Waals surface area contributed by atoms with Gasteiger partial charge in [-0.25, -0.2) is 19.2 Å². The van der Waals surface area contributed by atoms with Crippen LogP contribution in [-0.2, 0) is 36.9 Å². The molecule has 11 heteroatoms. The van der Waals surface area contributed by atoms with E-state index in [1.54, 1.807) is 6.26 Å². The van der Waals surface area contributed by atoms with E-state index < -0.39 is 14.5 Å². The number of phenols is 1. The monoisotopic (exact) mass is 752 g/mol. The van der Waals surface area contributed by atoms with Gasteiger partial charge in [0.25, 0.3) is 0 Å². The maximum Gasteiger partial charge on any atom is 0.162 e. The van der Waals surface area contributed by atoms with Crippen molar-refractivity contribution in [3.8, 4) is 17.1 Å². The third-order valence-corrected chi connectivity index (χ3v) is 16.3. The van der Waals surface area contributed by atoms with E-state index in [0.29, 0.717) is 55.3 Å². The van der Waals surface area contributed by atoms with Gasteiger partial charge in [0.2, 0.25) is 0 Å². The van der Waals surface area contributed by atoms with Crippen LogP contribution in [0.2, 0.25) is 0 Å². The Labute approximate surface area is 320 Å². The summed E-state index contributed by atoms with van der Waals surface area (Å²) in [5.41, 5.74) is 5.67. The van der Waals surface area contributed by atoms with Crippen molar-refractivity contribution in [2.45, 2.75) is 114 Å². The third kappa shape index (κ3) is 6.22. The van der Waals surface area contributed by atoms with Crippen molar-refractivity contribution in [3.63, 3.8) is 0 Å². The Bertz CT molecular complexity index is 2150. The molecule has 7 atom stereocenters. The summed E-state index contributed by atoms with van der Waals surface area (Å²) >= 11 is 0. The van der Waals surface area contributed by atoms with Crippen LogP contribution in [0, 0.1) is 22.0 Å². The van der Waals surface area contributed by atoms with Crippen molar-refractivity contribution in [3.05, 3.63) is 65.6 Å². The Hall–Kier alpha value is -3.54. The van der Waals surface area contributed by atoms with Gasteiger partial charge in [0.1, 0.15) is 17.2 Å². The molecule has 0 amide bonds. The largest absolute Gasteiger partial charge is 0.508 e. The first-order chi connectivity index (χ1) is 26.1. The van der Waals surface area contributed by atoms with Crippen LogP contribution in [-0.4, -0.2) is 73.6 Å². The van der Waals surface area contributed by atoms with Crippen molar-refractivity contribution < 1.29 is 18.8 Å². The number of anilines is 1. The van der Waals surface area contributed by atoms with Crippen molar-refractivity contribution >= 4 is 26.6 Å². The second-order valence-electron chi connectivity index (χ2n) is 17.3. The molecule has 4 aliphatic carbocycles. The maximum absolute atomic E-state index is 13.2. The first kappa shape index (κ1) is 36.1. The highest BCUT2D eigenvalue weighted by molar-refractivity contribution is 7.93. The summed E-state index contributed by atoms with van der Waals surface area (Å²) in [7, 11) is -2.85. The summed E-state index contributed by atoms with van der Waals surface area (Å²) in [6, 6.07) is 12.3. The Morgan fingerprint density at radius 2 is 1.93 bits per heavy atom. The average molecular weight is 753 g/mol. The smallest absolute Gasteiger partial charge is 0.162 e. The molecule has 288 valence electrons. The molecule has 54 heavy (non-hydrogen) atoms. The molecule has 3 aromatic heterocycles. The second kappa shape index (κ2) is 13.9. The second-order valence-corrected chi connectivity index (χ2v) is 19.8. The molecule has 10 nitrogen and oxygen atoms in total. The van der Waals surface area contributed by atoms with E-state index in [4.69, 9.17) is 29.2 Å². The number of phenolic OH excluding ortho intramolecular Hbond substituents is 1. The number of unbranched alkanes of at least 4 members (excludes halogenated alkanes) is 2. The van der Waals surface area contributed by atoms with Crippen LogP contribution in [0.5, 0.6) is 5.75 Å². The van der Waals surface area contributed by atoms with Crippen molar-refractivity contribution in [1.82, 2.24) is 19.5 Å². The molecular weight excluding hydrogens is 697 g/mol. The van der Waals surface area contributed by atoms with Gasteiger partial charge in [-0.3, -0.25) is 4.78 Å². The lowest BCUT2D eigenvalue weighted by atomic mass is 9.55. The average Bonchev–Trinajstić information content (AvgIpc) is 3.80. The molecule has 1 aromatic carbocycles. The van der Waals surface area contributed by atoms with E-state index in [-0.39, 0.29) is 11.5 Å². The van der Waals surface area contributed by atoms with Gasteiger partial charge < -0.3 is 24.0 Å². The SMILES string of the molecule is C[C@@H]1COCCN1c1cc(C2([S@](C)(=N)=O)CC2)nc(-c2ccnc3c2ccn3CCCCCO[C@H]2CC[C@H]3[C@@H]4CCc5cc(O)ccc5[C@H]4CC[C@]23C)n1. The first-order valence-corrected chi connectivity index (χ1v) is 22.4. The molecule has 9 rings (SSSR count). The molecule has 0 radical (unpaired) electrons. The molecule has 0 spiro atoms. The summed E-state index contributed by atoms with van der Waals surface area (Å²) < 4.78 is 35.7. The lowest BCUT2D eigenvalue weighted by Crippen LogP contribution is -2.44. The summed E-state index contributed by atoms with van der Waals surface area (Å²) in [6.45, 7) is 8.33. The summed E-state index contributed by atoms with van der Waals surface area (Å²) in [6.07, 6.45) is 17.7. The van der Waals surface area contributed by atoms with Gasteiger partial charge in [0, 0.05) is 55.4 Å². The lowest BCUT2D eigenvalue weighted by Gasteiger charge is -2.50. The number of morpholine rings is 1. The highest BCUT2D eigenvalue weighted by atomic mass is 32.2. The van der Waals surface area contributed by atoms with E-state index in [1.807, 2.05) is 30.5 Å². The fourth-order valence-corrected chi connectivity index (χ4v) is 12.4.